The molecule has 5 nitrogen and oxygen atoms in total. The highest BCUT2D eigenvalue weighted by Gasteiger charge is 2.51. The number of rotatable bonds is 1. The molecular weight excluding hydrogens is 689 g/mol. The molecule has 7 aliphatic rings. The van der Waals surface area contributed by atoms with Gasteiger partial charge in [-0.3, -0.25) is 14.6 Å². The molecule has 2 atom stereocenters. The Morgan fingerprint density at radius 1 is 0.589 bits per heavy atom. The molecule has 2 heterocycles. The van der Waals surface area contributed by atoms with Crippen LogP contribution in [0, 0.1) is 0 Å². The minimum Gasteiger partial charge on any atom is -0.506 e. The van der Waals surface area contributed by atoms with Crippen molar-refractivity contribution < 1.29 is 14.7 Å². The maximum Gasteiger partial charge on any atom is 0.237 e. The third-order valence-electron chi connectivity index (χ3n) is 14.6. The summed E-state index contributed by atoms with van der Waals surface area (Å²) in [7, 11) is 0. The number of nitrogens with zero attached hydrogens (tertiary/aromatic N) is 1. The Labute approximate surface area is 323 Å². The Kier molecular flexibility index (Phi) is 5.58. The number of allylic oxidation sites excluding steroid dienone is 5. The Balaban J connectivity index is 0.985. The van der Waals surface area contributed by atoms with Crippen LogP contribution in [0.2, 0.25) is 0 Å². The number of aliphatic hydroxyl groups is 1. The largest absolute Gasteiger partial charge is 0.506 e. The van der Waals surface area contributed by atoms with Crippen LogP contribution in [-0.4, -0.2) is 22.4 Å². The lowest BCUT2D eigenvalue weighted by Gasteiger charge is -2.34. The van der Waals surface area contributed by atoms with Gasteiger partial charge in [0, 0.05) is 27.3 Å². The normalized spacial score (nSPS) is 24.7. The second-order valence-corrected chi connectivity index (χ2v) is 17.3. The molecule has 2 N–H and O–H groups in total. The molecular formula is C51H36N2O3. The van der Waals surface area contributed by atoms with E-state index in [0.717, 1.165) is 75.9 Å². The molecule has 0 aromatic heterocycles. The van der Waals surface area contributed by atoms with Crippen molar-refractivity contribution in [2.24, 2.45) is 4.99 Å². The fourth-order valence-corrected chi connectivity index (χ4v) is 12.0. The van der Waals surface area contributed by atoms with Crippen molar-refractivity contribution in [3.8, 4) is 44.5 Å². The van der Waals surface area contributed by atoms with Crippen LogP contribution >= 0.6 is 0 Å². The van der Waals surface area contributed by atoms with Gasteiger partial charge in [0.05, 0.1) is 28.2 Å². The highest BCUT2D eigenvalue weighted by Crippen LogP contribution is 2.60. The van der Waals surface area contributed by atoms with Gasteiger partial charge >= 0.3 is 0 Å². The molecule has 5 heteroatoms. The van der Waals surface area contributed by atoms with Gasteiger partial charge in [-0.15, -0.1) is 0 Å². The van der Waals surface area contributed by atoms with Gasteiger partial charge in [-0.25, -0.2) is 0 Å². The molecule has 2 unspecified atom stereocenters. The lowest BCUT2D eigenvalue weighted by Crippen LogP contribution is -2.35. The summed E-state index contributed by atoms with van der Waals surface area (Å²) >= 11 is 0. The van der Waals surface area contributed by atoms with Gasteiger partial charge in [0.25, 0.3) is 0 Å². The molecule has 56 heavy (non-hydrogen) atoms. The number of anilines is 1. The van der Waals surface area contributed by atoms with Crippen LogP contribution in [0.15, 0.2) is 136 Å². The number of hydrogen-bond acceptors (Lipinski definition) is 5. The predicted octanol–water partition coefficient (Wildman–Crippen LogP) is 11.9. The minimum absolute atomic E-state index is 0.157. The van der Waals surface area contributed by atoms with Crippen LogP contribution in [0.25, 0.3) is 66.1 Å². The van der Waals surface area contributed by atoms with E-state index in [-0.39, 0.29) is 16.9 Å². The average Bonchev–Trinajstić information content (AvgIpc) is 3.96. The molecule has 2 aliphatic heterocycles. The highest BCUT2D eigenvalue weighted by molar-refractivity contribution is 6.55. The summed E-state index contributed by atoms with van der Waals surface area (Å²) in [5, 5.41) is 20.9. The number of ketones is 2. The SMILES string of the molecule is CC12CCCC(=C3C(=O)C(=O)C(C4=C5Nc6c(cc7c8c(cccc68)-c6ccccc6-7)C5(C)CCC4)=C3O)C1=Nc1c2cc2c3c(cccc13)-c1ccccc1-2. The Hall–Kier alpha value is -6.33. The highest BCUT2D eigenvalue weighted by atomic mass is 16.3. The van der Waals surface area contributed by atoms with E-state index in [2.05, 4.69) is 116 Å². The zero-order chi connectivity index (χ0) is 37.4. The molecule has 0 bridgehead atoms. The smallest absolute Gasteiger partial charge is 0.237 e. The van der Waals surface area contributed by atoms with Crippen molar-refractivity contribution >= 4 is 50.2 Å². The molecule has 1 saturated carbocycles. The van der Waals surface area contributed by atoms with Gasteiger partial charge in [-0.05, 0) is 142 Å². The lowest BCUT2D eigenvalue weighted by molar-refractivity contribution is -0.131. The van der Waals surface area contributed by atoms with Gasteiger partial charge < -0.3 is 10.4 Å². The number of hydrogen-bond donors (Lipinski definition) is 2. The maximum atomic E-state index is 14.4. The Morgan fingerprint density at radius 3 is 1.80 bits per heavy atom. The number of Topliss-reactive ketones (excluding diaryl/α,β-unsaturated/α-hetero) is 2. The van der Waals surface area contributed by atoms with Crippen LogP contribution in [0.5, 0.6) is 0 Å². The topological polar surface area (TPSA) is 78.8 Å². The second kappa shape index (κ2) is 10.1. The van der Waals surface area contributed by atoms with Gasteiger partial charge in [0.2, 0.25) is 11.6 Å². The molecule has 0 spiro atoms. The zero-order valence-electron chi connectivity index (χ0n) is 31.2. The lowest BCUT2D eigenvalue weighted by atomic mass is 9.67. The molecule has 0 saturated heterocycles. The van der Waals surface area contributed by atoms with Crippen molar-refractivity contribution in [1.29, 1.82) is 0 Å². The summed E-state index contributed by atoms with van der Waals surface area (Å²) in [5.41, 5.74) is 17.0. The summed E-state index contributed by atoms with van der Waals surface area (Å²) in [5.74, 6) is -1.39. The Morgan fingerprint density at radius 2 is 1.12 bits per heavy atom. The Bertz CT molecular complexity index is 3140. The monoisotopic (exact) mass is 724 g/mol. The number of benzene rings is 6. The summed E-state index contributed by atoms with van der Waals surface area (Å²) in [6, 6.07) is 34.9. The minimum atomic E-state index is -0.613. The van der Waals surface area contributed by atoms with Crippen molar-refractivity contribution in [2.45, 2.75) is 63.2 Å². The standard InChI is InChI=1S/C51H36N2O3/c1-50-21-9-19-33(48(50)52-43-31-17-7-15-29-25-11-3-5-13-27(25)35(39(29)31)23-37(43)50)41-45(54)42(47(56)46(41)55)34-20-10-22-51(2)38-24-36-28-14-6-4-12-26(28)30-16-8-18-32(40(30)36)44(38)53-49(34)51/h3-8,11-18,23-24,52,54H,9-10,19-22H2,1-2H3. The zero-order valence-corrected chi connectivity index (χ0v) is 31.2. The molecule has 5 aliphatic carbocycles. The van der Waals surface area contributed by atoms with E-state index >= 15 is 0 Å². The van der Waals surface area contributed by atoms with Crippen molar-refractivity contribution in [2.75, 3.05) is 5.32 Å². The van der Waals surface area contributed by atoms with E-state index in [1.54, 1.807) is 0 Å². The molecule has 0 radical (unpaired) electrons. The number of carbonyl (C=O) groups is 2. The van der Waals surface area contributed by atoms with Crippen molar-refractivity contribution in [3.05, 3.63) is 142 Å². The summed E-state index contributed by atoms with van der Waals surface area (Å²) in [6.07, 6.45) is 4.63. The van der Waals surface area contributed by atoms with Crippen LogP contribution < -0.4 is 5.32 Å². The fraction of sp³-hybridized carbons (Fsp3) is 0.196. The van der Waals surface area contributed by atoms with E-state index in [1.807, 2.05) is 0 Å². The van der Waals surface area contributed by atoms with Crippen LogP contribution in [0.4, 0.5) is 11.4 Å². The van der Waals surface area contributed by atoms with E-state index in [1.165, 1.54) is 60.8 Å². The number of aliphatic hydroxyl groups excluding tert-OH is 1. The first-order chi connectivity index (χ1) is 27.3. The van der Waals surface area contributed by atoms with Crippen LogP contribution in [0.3, 0.4) is 0 Å². The van der Waals surface area contributed by atoms with Crippen LogP contribution in [0.1, 0.15) is 63.5 Å². The number of carbonyl (C=O) groups excluding carboxylic acids is 2. The molecule has 6 aromatic carbocycles. The average molecular weight is 725 g/mol. The fourth-order valence-electron chi connectivity index (χ4n) is 12.0. The van der Waals surface area contributed by atoms with Gasteiger partial charge in [-0.1, -0.05) is 84.9 Å². The third-order valence-corrected chi connectivity index (χ3v) is 14.6. The first kappa shape index (κ1) is 30.9. The van der Waals surface area contributed by atoms with Gasteiger partial charge in [-0.2, -0.15) is 0 Å². The molecule has 268 valence electrons. The summed E-state index contributed by atoms with van der Waals surface area (Å²) in [4.78, 5) is 34.1. The molecule has 6 aromatic rings. The van der Waals surface area contributed by atoms with Gasteiger partial charge in [0.1, 0.15) is 5.76 Å². The second-order valence-electron chi connectivity index (χ2n) is 17.3. The van der Waals surface area contributed by atoms with Crippen molar-refractivity contribution in [3.63, 3.8) is 0 Å². The van der Waals surface area contributed by atoms with E-state index in [9.17, 15) is 14.7 Å². The number of fused-ring (bicyclic) bond motifs is 14. The van der Waals surface area contributed by atoms with E-state index in [0.29, 0.717) is 12.8 Å². The third kappa shape index (κ3) is 3.44. The first-order valence-corrected chi connectivity index (χ1v) is 20.0. The first-order valence-electron chi connectivity index (χ1n) is 20.0. The van der Waals surface area contributed by atoms with E-state index in [4.69, 9.17) is 4.99 Å². The number of nitrogens with one attached hydrogen (secondary N) is 1. The molecule has 0 amide bonds. The van der Waals surface area contributed by atoms with E-state index < -0.39 is 22.4 Å². The number of aliphatic imine (C=N–C) groups is 1. The maximum absolute atomic E-state index is 14.4. The quantitative estimate of drug-likeness (QED) is 0.130. The summed E-state index contributed by atoms with van der Waals surface area (Å²) in [6.45, 7) is 4.49. The van der Waals surface area contributed by atoms with Crippen molar-refractivity contribution in [1.82, 2.24) is 0 Å². The predicted molar refractivity (Wildman–Crippen MR) is 224 cm³/mol. The summed E-state index contributed by atoms with van der Waals surface area (Å²) < 4.78 is 0. The molecule has 13 rings (SSSR count). The molecule has 1 fully saturated rings. The van der Waals surface area contributed by atoms with Gasteiger partial charge in [0.15, 0.2) is 0 Å². The van der Waals surface area contributed by atoms with Crippen LogP contribution in [-0.2, 0) is 20.4 Å².